The first kappa shape index (κ1) is 15.5. The number of carbonyl (C=O) groups excluding carboxylic acids is 2. The molecule has 1 rings (SSSR count). The van der Waals surface area contributed by atoms with E-state index in [9.17, 15) is 9.59 Å². The van der Waals surface area contributed by atoms with E-state index in [1.807, 2.05) is 18.2 Å². The zero-order valence-electron chi connectivity index (χ0n) is 10.9. The molecule has 5 heteroatoms. The number of esters is 1. The van der Waals surface area contributed by atoms with E-state index < -0.39 is 0 Å². The van der Waals surface area contributed by atoms with Gasteiger partial charge in [-0.2, -0.15) is 0 Å². The summed E-state index contributed by atoms with van der Waals surface area (Å²) in [6.45, 7) is 0.490. The van der Waals surface area contributed by atoms with E-state index in [0.717, 1.165) is 5.56 Å². The van der Waals surface area contributed by atoms with Crippen LogP contribution in [0, 0.1) is 0 Å². The second-order valence-electron chi connectivity index (χ2n) is 4.16. The summed E-state index contributed by atoms with van der Waals surface area (Å²) in [5.74, 6) is -0.280. The molecule has 0 bridgehead atoms. The van der Waals surface area contributed by atoms with Gasteiger partial charge in [0.15, 0.2) is 0 Å². The first-order valence-corrected chi connectivity index (χ1v) is 6.57. The van der Waals surface area contributed by atoms with E-state index in [1.54, 1.807) is 6.07 Å². The number of aryl methyl sites for hydroxylation is 1. The third-order valence-corrected chi connectivity index (χ3v) is 2.87. The number of halogens is 1. The number of rotatable bonds is 7. The highest BCUT2D eigenvalue weighted by Crippen LogP contribution is 2.11. The minimum Gasteiger partial charge on any atom is -0.469 e. The van der Waals surface area contributed by atoms with Crippen LogP contribution in [0.5, 0.6) is 0 Å². The highest BCUT2D eigenvalue weighted by atomic mass is 35.5. The maximum atomic E-state index is 11.6. The second kappa shape index (κ2) is 8.53. The van der Waals surface area contributed by atoms with E-state index in [-0.39, 0.29) is 11.9 Å². The average molecular weight is 284 g/mol. The van der Waals surface area contributed by atoms with E-state index in [2.05, 4.69) is 10.1 Å². The topological polar surface area (TPSA) is 55.4 Å². The molecule has 0 aliphatic rings. The van der Waals surface area contributed by atoms with Gasteiger partial charge in [0.2, 0.25) is 5.91 Å². The second-order valence-corrected chi connectivity index (χ2v) is 4.60. The van der Waals surface area contributed by atoms with Gasteiger partial charge in [-0.15, -0.1) is 0 Å². The van der Waals surface area contributed by atoms with E-state index >= 15 is 0 Å². The van der Waals surface area contributed by atoms with Gasteiger partial charge in [0.1, 0.15) is 0 Å². The first-order valence-electron chi connectivity index (χ1n) is 6.20. The van der Waals surface area contributed by atoms with Crippen LogP contribution < -0.4 is 5.32 Å². The summed E-state index contributed by atoms with van der Waals surface area (Å²) in [6.07, 6.45) is 1.99. The summed E-state index contributed by atoms with van der Waals surface area (Å²) in [7, 11) is 1.35. The Bertz CT molecular complexity index is 434. The standard InChI is InChI=1S/C14H18ClNO3/c1-19-14(18)6-3-9-16-13(17)8-7-11-4-2-5-12(15)10-11/h2,4-5,10H,3,6-9H2,1H3,(H,16,17). The zero-order valence-corrected chi connectivity index (χ0v) is 11.7. The Morgan fingerprint density at radius 3 is 2.79 bits per heavy atom. The van der Waals surface area contributed by atoms with Crippen molar-refractivity contribution in [2.24, 2.45) is 0 Å². The van der Waals surface area contributed by atoms with Crippen molar-refractivity contribution >= 4 is 23.5 Å². The fourth-order valence-electron chi connectivity index (χ4n) is 1.60. The molecule has 1 aromatic rings. The van der Waals surface area contributed by atoms with Crippen LogP contribution in [0.2, 0.25) is 5.02 Å². The third kappa shape index (κ3) is 6.82. The fraction of sp³-hybridized carbons (Fsp3) is 0.429. The van der Waals surface area contributed by atoms with Gasteiger partial charge in [-0.05, 0) is 30.5 Å². The number of methoxy groups -OCH3 is 1. The Balaban J connectivity index is 2.16. The minimum atomic E-state index is -0.256. The van der Waals surface area contributed by atoms with Crippen molar-refractivity contribution in [3.05, 3.63) is 34.9 Å². The molecule has 19 heavy (non-hydrogen) atoms. The number of amides is 1. The molecule has 0 atom stereocenters. The third-order valence-electron chi connectivity index (χ3n) is 2.64. The van der Waals surface area contributed by atoms with Crippen LogP contribution >= 0.6 is 11.6 Å². The molecule has 104 valence electrons. The summed E-state index contributed by atoms with van der Waals surface area (Å²) >= 11 is 5.86. The van der Waals surface area contributed by atoms with Crippen molar-refractivity contribution < 1.29 is 14.3 Å². The molecule has 0 aromatic heterocycles. The smallest absolute Gasteiger partial charge is 0.305 e. The molecule has 0 aliphatic carbocycles. The molecular weight excluding hydrogens is 266 g/mol. The van der Waals surface area contributed by atoms with Crippen molar-refractivity contribution in [3.8, 4) is 0 Å². The molecule has 0 spiro atoms. The number of hydrogen-bond acceptors (Lipinski definition) is 3. The lowest BCUT2D eigenvalue weighted by Crippen LogP contribution is -2.25. The Hall–Kier alpha value is -1.55. The minimum absolute atomic E-state index is 0.0233. The molecule has 4 nitrogen and oxygen atoms in total. The summed E-state index contributed by atoms with van der Waals surface area (Å²) in [5, 5.41) is 3.44. The van der Waals surface area contributed by atoms with Crippen LogP contribution in [-0.4, -0.2) is 25.5 Å². The Labute approximate surface area is 118 Å². The lowest BCUT2D eigenvalue weighted by molar-refractivity contribution is -0.140. The van der Waals surface area contributed by atoms with Crippen LogP contribution in [0.25, 0.3) is 0 Å². The molecule has 0 saturated carbocycles. The Kier molecular flexibility index (Phi) is 6.97. The first-order chi connectivity index (χ1) is 9.11. The van der Waals surface area contributed by atoms with Crippen molar-refractivity contribution in [3.63, 3.8) is 0 Å². The lowest BCUT2D eigenvalue weighted by atomic mass is 10.1. The molecule has 1 N–H and O–H groups in total. The van der Waals surface area contributed by atoms with Crippen molar-refractivity contribution in [1.29, 1.82) is 0 Å². The predicted molar refractivity (Wildman–Crippen MR) is 74.0 cm³/mol. The van der Waals surface area contributed by atoms with Gasteiger partial charge in [0.25, 0.3) is 0 Å². The Morgan fingerprint density at radius 1 is 1.32 bits per heavy atom. The van der Waals surface area contributed by atoms with Crippen molar-refractivity contribution in [1.82, 2.24) is 5.32 Å². The van der Waals surface area contributed by atoms with Gasteiger partial charge in [0, 0.05) is 24.4 Å². The van der Waals surface area contributed by atoms with Crippen molar-refractivity contribution in [2.45, 2.75) is 25.7 Å². The molecule has 0 fully saturated rings. The van der Waals surface area contributed by atoms with E-state index in [4.69, 9.17) is 11.6 Å². The number of benzene rings is 1. The van der Waals surface area contributed by atoms with E-state index in [0.29, 0.717) is 37.3 Å². The molecule has 1 aromatic carbocycles. The molecular formula is C14H18ClNO3. The summed E-state index contributed by atoms with van der Waals surface area (Å²) < 4.78 is 4.51. The van der Waals surface area contributed by atoms with Gasteiger partial charge in [0.05, 0.1) is 7.11 Å². The zero-order chi connectivity index (χ0) is 14.1. The largest absolute Gasteiger partial charge is 0.469 e. The van der Waals surface area contributed by atoms with Gasteiger partial charge >= 0.3 is 5.97 Å². The summed E-state index contributed by atoms with van der Waals surface area (Å²) in [4.78, 5) is 22.4. The van der Waals surface area contributed by atoms with Crippen LogP contribution in [0.1, 0.15) is 24.8 Å². The summed E-state index contributed by atoms with van der Waals surface area (Å²) in [5.41, 5.74) is 1.04. The average Bonchev–Trinajstić information content (AvgIpc) is 2.41. The normalized spacial score (nSPS) is 10.0. The van der Waals surface area contributed by atoms with Crippen molar-refractivity contribution in [2.75, 3.05) is 13.7 Å². The maximum Gasteiger partial charge on any atom is 0.305 e. The number of carbonyl (C=O) groups is 2. The van der Waals surface area contributed by atoms with Gasteiger partial charge < -0.3 is 10.1 Å². The quantitative estimate of drug-likeness (QED) is 0.617. The monoisotopic (exact) mass is 283 g/mol. The van der Waals surface area contributed by atoms with Crippen LogP contribution in [0.15, 0.2) is 24.3 Å². The Morgan fingerprint density at radius 2 is 2.11 bits per heavy atom. The number of ether oxygens (including phenoxy) is 1. The SMILES string of the molecule is COC(=O)CCCNC(=O)CCc1cccc(Cl)c1. The molecule has 0 aliphatic heterocycles. The fourth-order valence-corrected chi connectivity index (χ4v) is 1.81. The van der Waals surface area contributed by atoms with E-state index in [1.165, 1.54) is 7.11 Å². The van der Waals surface area contributed by atoms with Gasteiger partial charge in [-0.25, -0.2) is 0 Å². The lowest BCUT2D eigenvalue weighted by Gasteiger charge is -2.05. The van der Waals surface area contributed by atoms with Crippen LogP contribution in [0.4, 0.5) is 0 Å². The maximum absolute atomic E-state index is 11.6. The molecule has 1 amide bonds. The summed E-state index contributed by atoms with van der Waals surface area (Å²) in [6, 6.07) is 7.46. The number of hydrogen-bond donors (Lipinski definition) is 1. The van der Waals surface area contributed by atoms with Gasteiger partial charge in [-0.3, -0.25) is 9.59 Å². The highest BCUT2D eigenvalue weighted by Gasteiger charge is 2.04. The molecule has 0 radical (unpaired) electrons. The van der Waals surface area contributed by atoms with Gasteiger partial charge in [-0.1, -0.05) is 23.7 Å². The van der Waals surface area contributed by atoms with Crippen LogP contribution in [0.3, 0.4) is 0 Å². The predicted octanol–water partition coefficient (Wildman–Crippen LogP) is 2.34. The molecule has 0 saturated heterocycles. The molecule has 0 unspecified atom stereocenters. The highest BCUT2D eigenvalue weighted by molar-refractivity contribution is 6.30. The number of nitrogens with one attached hydrogen (secondary N) is 1. The van der Waals surface area contributed by atoms with Crippen LogP contribution in [-0.2, 0) is 20.7 Å². The molecule has 0 heterocycles.